The topological polar surface area (TPSA) is 118 Å². The molecule has 0 saturated carbocycles. The molecule has 0 N–H and O–H groups in total. The highest BCUT2D eigenvalue weighted by Gasteiger charge is 2.46. The van der Waals surface area contributed by atoms with Crippen LogP contribution in [0.4, 0.5) is 4.79 Å². The van der Waals surface area contributed by atoms with Crippen LogP contribution in [0.2, 0.25) is 0 Å². The Labute approximate surface area is 285 Å². The van der Waals surface area contributed by atoms with Gasteiger partial charge in [-0.3, -0.25) is 4.90 Å². The summed E-state index contributed by atoms with van der Waals surface area (Å²) in [5.74, 6) is 3.47. The number of methoxy groups -OCH3 is 5. The second-order valence-electron chi connectivity index (χ2n) is 12.4. The lowest BCUT2D eigenvalue weighted by molar-refractivity contribution is 0.139. The van der Waals surface area contributed by atoms with Crippen LogP contribution in [0, 0.1) is 5.92 Å². The number of carbonyl (C=O) groups is 1. The number of aliphatic imine (C=N–C) groups is 2. The molecule has 3 aliphatic rings. The van der Waals surface area contributed by atoms with E-state index in [4.69, 9.17) is 43.4 Å². The Hall–Kier alpha value is -4.39. The highest BCUT2D eigenvalue weighted by atomic mass is 32.2. The molecule has 0 unspecified atom stereocenters. The predicted octanol–water partition coefficient (Wildman–Crippen LogP) is 5.30. The molecular weight excluding hydrogens is 634 g/mol. The molecule has 0 bridgehead atoms. The molecule has 0 radical (unpaired) electrons. The van der Waals surface area contributed by atoms with E-state index in [1.807, 2.05) is 53.2 Å². The second kappa shape index (κ2) is 14.0. The number of fused-ring (bicyclic) bond motifs is 2. The molecule has 3 aromatic rings. The van der Waals surface area contributed by atoms with Crippen molar-refractivity contribution in [3.63, 3.8) is 0 Å². The highest BCUT2D eigenvalue weighted by Crippen LogP contribution is 2.51. The number of imidazole rings is 1. The van der Waals surface area contributed by atoms with E-state index in [0.29, 0.717) is 49.2 Å². The van der Waals surface area contributed by atoms with E-state index in [1.165, 1.54) is 0 Å². The van der Waals surface area contributed by atoms with Gasteiger partial charge in [-0.2, -0.15) is 0 Å². The van der Waals surface area contributed by atoms with Gasteiger partial charge in [0.1, 0.15) is 41.0 Å². The van der Waals surface area contributed by atoms with Crippen LogP contribution in [-0.2, 0) is 40.5 Å². The molecule has 12 nitrogen and oxygen atoms in total. The molecule has 0 aliphatic carbocycles. The fourth-order valence-corrected chi connectivity index (χ4v) is 7.97. The van der Waals surface area contributed by atoms with Crippen LogP contribution in [0.3, 0.4) is 0 Å². The summed E-state index contributed by atoms with van der Waals surface area (Å²) in [4.78, 5) is 30.6. The fraction of sp³-hybridized carbons (Fsp3) is 0.486. The number of aromatic nitrogens is 2. The number of benzene rings is 2. The Balaban J connectivity index is 1.41. The highest BCUT2D eigenvalue weighted by molar-refractivity contribution is 7.99. The molecule has 1 amide bonds. The van der Waals surface area contributed by atoms with Gasteiger partial charge >= 0.3 is 6.09 Å². The molecule has 1 aromatic heterocycles. The molecule has 48 heavy (non-hydrogen) atoms. The molecule has 6 rings (SSSR count). The van der Waals surface area contributed by atoms with Gasteiger partial charge in [0.25, 0.3) is 0 Å². The summed E-state index contributed by atoms with van der Waals surface area (Å²) in [7, 11) is 10.2. The number of nitrogens with zero attached hydrogens (tertiary/aromatic N) is 5. The quantitative estimate of drug-likeness (QED) is 0.282. The summed E-state index contributed by atoms with van der Waals surface area (Å²) in [5, 5.41) is 0.812. The van der Waals surface area contributed by atoms with E-state index in [-0.39, 0.29) is 36.2 Å². The lowest BCUT2D eigenvalue weighted by Crippen LogP contribution is -2.43. The van der Waals surface area contributed by atoms with Crippen molar-refractivity contribution in [3.8, 4) is 17.2 Å². The number of carbonyl (C=O) groups excluding carboxylic acids is 1. The third kappa shape index (κ3) is 6.15. The number of ether oxygens (including phenoxy) is 6. The predicted molar refractivity (Wildman–Crippen MR) is 182 cm³/mol. The number of amides is 1. The zero-order valence-corrected chi connectivity index (χ0v) is 29.5. The van der Waals surface area contributed by atoms with Crippen molar-refractivity contribution >= 4 is 29.7 Å². The van der Waals surface area contributed by atoms with Crippen molar-refractivity contribution in [2.45, 2.75) is 67.2 Å². The van der Waals surface area contributed by atoms with Gasteiger partial charge in [0.15, 0.2) is 0 Å². The third-order valence-electron chi connectivity index (χ3n) is 9.23. The zero-order valence-electron chi connectivity index (χ0n) is 28.7. The zero-order chi connectivity index (χ0) is 34.1. The molecule has 4 heterocycles. The van der Waals surface area contributed by atoms with Crippen molar-refractivity contribution in [1.29, 1.82) is 0 Å². The van der Waals surface area contributed by atoms with E-state index in [2.05, 4.69) is 13.8 Å². The van der Waals surface area contributed by atoms with Crippen molar-refractivity contribution < 1.29 is 33.2 Å². The molecule has 1 saturated heterocycles. The lowest BCUT2D eigenvalue weighted by Gasteiger charge is -2.39. The molecule has 3 aliphatic heterocycles. The summed E-state index contributed by atoms with van der Waals surface area (Å²) in [5.41, 5.74) is 4.03. The van der Waals surface area contributed by atoms with Crippen LogP contribution in [0.1, 0.15) is 42.3 Å². The summed E-state index contributed by atoms with van der Waals surface area (Å²) in [6, 6.07) is 8.81. The molecule has 13 heteroatoms. The van der Waals surface area contributed by atoms with Crippen molar-refractivity contribution in [2.75, 3.05) is 42.2 Å². The fourth-order valence-electron chi connectivity index (χ4n) is 6.78. The number of aryl methyl sites for hydroxylation is 1. The lowest BCUT2D eigenvalue weighted by atomic mass is 9.85. The first-order valence-corrected chi connectivity index (χ1v) is 16.8. The van der Waals surface area contributed by atoms with Gasteiger partial charge in [0.2, 0.25) is 11.8 Å². The Kier molecular flexibility index (Phi) is 9.77. The number of hydrogen-bond donors (Lipinski definition) is 0. The normalized spacial score (nSPS) is 21.6. The van der Waals surface area contributed by atoms with Crippen molar-refractivity contribution in [3.05, 3.63) is 59.0 Å². The van der Waals surface area contributed by atoms with Crippen LogP contribution in [0.15, 0.2) is 56.6 Å². The third-order valence-corrected chi connectivity index (χ3v) is 10.4. The van der Waals surface area contributed by atoms with Gasteiger partial charge < -0.3 is 33.0 Å². The van der Waals surface area contributed by atoms with Crippen molar-refractivity contribution in [1.82, 2.24) is 14.5 Å². The molecular formula is C35H43N5O7S. The Morgan fingerprint density at radius 2 is 1.67 bits per heavy atom. The van der Waals surface area contributed by atoms with Gasteiger partial charge in [-0.1, -0.05) is 37.7 Å². The Morgan fingerprint density at radius 3 is 2.31 bits per heavy atom. The molecule has 256 valence electrons. The maximum Gasteiger partial charge on any atom is 0.410 e. The second-order valence-corrected chi connectivity index (χ2v) is 13.4. The Bertz CT molecular complexity index is 1720. The van der Waals surface area contributed by atoms with Gasteiger partial charge in [0.05, 0.1) is 64.5 Å². The van der Waals surface area contributed by atoms with E-state index in [9.17, 15) is 4.79 Å². The smallest absolute Gasteiger partial charge is 0.410 e. The Morgan fingerprint density at radius 1 is 0.938 bits per heavy atom. The van der Waals surface area contributed by atoms with E-state index >= 15 is 0 Å². The first-order valence-electron chi connectivity index (χ1n) is 16.0. The molecule has 4 atom stereocenters. The monoisotopic (exact) mass is 677 g/mol. The number of hydrogen-bond acceptors (Lipinski definition) is 11. The average Bonchev–Trinajstić information content (AvgIpc) is 3.65. The maximum absolute atomic E-state index is 13.2. The minimum Gasteiger partial charge on any atom is -0.497 e. The number of cyclic esters (lactones) is 1. The minimum atomic E-state index is -0.370. The SMILES string of the molecule is COC1=N[C@H](C(C)C)C(OC)=N[C@H]1Cc1c(Sc2c(OC)cc(OC)c3c2C[C@@H]2COC(=O)N2[C@@H]3Cc2ccc(OC)cc2)ncn1C. The number of rotatable bonds is 10. The minimum absolute atomic E-state index is 0.133. The van der Waals surface area contributed by atoms with E-state index in [0.717, 1.165) is 38.1 Å². The van der Waals surface area contributed by atoms with Crippen LogP contribution in [-0.4, -0.2) is 92.6 Å². The van der Waals surface area contributed by atoms with E-state index < -0.39 is 0 Å². The largest absolute Gasteiger partial charge is 0.497 e. The van der Waals surface area contributed by atoms with Gasteiger partial charge in [-0.05, 0) is 42.0 Å². The molecule has 2 aromatic carbocycles. The maximum atomic E-state index is 13.2. The van der Waals surface area contributed by atoms with Gasteiger partial charge in [-0.25, -0.2) is 19.8 Å². The summed E-state index contributed by atoms with van der Waals surface area (Å²) in [6.07, 6.45) is 3.15. The van der Waals surface area contributed by atoms with Crippen LogP contribution >= 0.6 is 11.8 Å². The summed E-state index contributed by atoms with van der Waals surface area (Å²) in [6.45, 7) is 4.49. The molecule has 1 fully saturated rings. The van der Waals surface area contributed by atoms with Crippen LogP contribution < -0.4 is 14.2 Å². The average molecular weight is 678 g/mol. The summed E-state index contributed by atoms with van der Waals surface area (Å²) >= 11 is 1.54. The first kappa shape index (κ1) is 33.5. The molecule has 0 spiro atoms. The summed E-state index contributed by atoms with van der Waals surface area (Å²) < 4.78 is 36.4. The van der Waals surface area contributed by atoms with Crippen molar-refractivity contribution in [2.24, 2.45) is 23.0 Å². The van der Waals surface area contributed by atoms with Crippen LogP contribution in [0.25, 0.3) is 0 Å². The standard InChI is InChI=1S/C35H43N5O7S/c1-19(2)30-33(46-8)37-24(32(38-30)45-7)15-26-34(36-18-39(26)3)48-31-23-14-21-17-47-35(41)40(21)25(13-20-9-11-22(42-4)12-10-20)29(23)27(43-5)16-28(31)44-6/h9-12,16,18-19,21,24-25,30H,13-15,17H2,1-8H3/t21-,24+,25-,30-/m1/s1. The van der Waals surface area contributed by atoms with Gasteiger partial charge in [-0.15, -0.1) is 0 Å². The first-order chi connectivity index (χ1) is 23.2. The van der Waals surface area contributed by atoms with E-state index in [1.54, 1.807) is 47.3 Å². The van der Waals surface area contributed by atoms with Crippen LogP contribution in [0.5, 0.6) is 17.2 Å². The van der Waals surface area contributed by atoms with Gasteiger partial charge in [0, 0.05) is 25.1 Å².